The van der Waals surface area contributed by atoms with Crippen molar-refractivity contribution in [3.05, 3.63) is 0 Å². The number of aliphatic hydroxyl groups is 1. The third-order valence-electron chi connectivity index (χ3n) is 5.07. The van der Waals surface area contributed by atoms with E-state index >= 15 is 0 Å². The molecule has 2 aliphatic carbocycles. The fourth-order valence-corrected chi connectivity index (χ4v) is 5.69. The largest absolute Gasteiger partial charge is 0.387 e. The first-order valence-electron chi connectivity index (χ1n) is 7.18. The fourth-order valence-electron chi connectivity index (χ4n) is 4.05. The fraction of sp³-hybridized carbons (Fsp3) is 0.929. The predicted octanol–water partition coefficient (Wildman–Crippen LogP) is 2.18. The summed E-state index contributed by atoms with van der Waals surface area (Å²) in [7, 11) is -3.32. The molecule has 2 fully saturated rings. The molecule has 2 aliphatic rings. The molecule has 0 amide bonds. The van der Waals surface area contributed by atoms with Crippen LogP contribution in [0.5, 0.6) is 0 Å². The van der Waals surface area contributed by atoms with Crippen LogP contribution in [0.25, 0.3) is 0 Å². The van der Waals surface area contributed by atoms with Crippen molar-refractivity contribution < 1.29 is 13.5 Å². The molecule has 2 unspecified atom stereocenters. The van der Waals surface area contributed by atoms with E-state index < -0.39 is 26.1 Å². The zero-order valence-electron chi connectivity index (χ0n) is 11.6. The van der Waals surface area contributed by atoms with Crippen molar-refractivity contribution in [1.29, 1.82) is 5.26 Å². The van der Waals surface area contributed by atoms with Crippen molar-refractivity contribution in [3.8, 4) is 6.07 Å². The van der Waals surface area contributed by atoms with Gasteiger partial charge in [-0.1, -0.05) is 25.7 Å². The second kappa shape index (κ2) is 5.06. The average Bonchev–Trinajstić information content (AvgIpc) is 2.62. The SMILES string of the molecule is CS(=O)(=O)C1CCCC1(O)C1(C#N)CCCCCC1. The minimum absolute atomic E-state index is 0.443. The summed E-state index contributed by atoms with van der Waals surface area (Å²) in [6.07, 6.45) is 8.04. The average molecular weight is 285 g/mol. The van der Waals surface area contributed by atoms with Crippen molar-refractivity contribution >= 4 is 9.84 Å². The highest BCUT2D eigenvalue weighted by atomic mass is 32.2. The summed E-state index contributed by atoms with van der Waals surface area (Å²) in [5.41, 5.74) is -2.21. The van der Waals surface area contributed by atoms with Gasteiger partial charge in [-0.2, -0.15) is 5.26 Å². The Balaban J connectivity index is 2.43. The molecule has 0 aromatic heterocycles. The summed E-state index contributed by atoms with van der Waals surface area (Å²) in [5, 5.41) is 20.0. The molecule has 0 heterocycles. The van der Waals surface area contributed by atoms with Gasteiger partial charge in [0.15, 0.2) is 9.84 Å². The molecule has 0 aliphatic heterocycles. The lowest BCUT2D eigenvalue weighted by atomic mass is 9.66. The van der Waals surface area contributed by atoms with E-state index in [4.69, 9.17) is 0 Å². The Hall–Kier alpha value is -0.600. The first-order valence-corrected chi connectivity index (χ1v) is 9.14. The molecule has 2 atom stereocenters. The Morgan fingerprint density at radius 1 is 1.11 bits per heavy atom. The summed E-state index contributed by atoms with van der Waals surface area (Å²) >= 11 is 0. The standard InChI is InChI=1S/C14H23NO3S/c1-19(17,18)12-7-6-10-14(12,16)13(11-15)8-4-2-3-5-9-13/h12,16H,2-10H2,1H3. The number of nitrogens with zero attached hydrogens (tertiary/aromatic N) is 1. The zero-order valence-corrected chi connectivity index (χ0v) is 12.4. The molecule has 2 rings (SSSR count). The first-order chi connectivity index (χ1) is 8.86. The second-order valence-corrected chi connectivity index (χ2v) is 8.47. The Labute approximate surface area is 115 Å². The van der Waals surface area contributed by atoms with Gasteiger partial charge in [-0.25, -0.2) is 8.42 Å². The monoisotopic (exact) mass is 285 g/mol. The van der Waals surface area contributed by atoms with Gasteiger partial charge >= 0.3 is 0 Å². The molecule has 108 valence electrons. The lowest BCUT2D eigenvalue weighted by Gasteiger charge is -2.43. The molecule has 0 aromatic rings. The summed E-state index contributed by atoms with van der Waals surface area (Å²) in [5.74, 6) is 0. The van der Waals surface area contributed by atoms with Crippen molar-refractivity contribution in [2.24, 2.45) is 5.41 Å². The van der Waals surface area contributed by atoms with E-state index in [2.05, 4.69) is 6.07 Å². The van der Waals surface area contributed by atoms with Gasteiger partial charge in [0.2, 0.25) is 0 Å². The molecule has 0 saturated heterocycles. The summed E-state index contributed by atoms with van der Waals surface area (Å²) in [6.45, 7) is 0. The minimum atomic E-state index is -3.32. The molecule has 1 N–H and O–H groups in total. The highest BCUT2D eigenvalue weighted by Crippen LogP contribution is 2.52. The van der Waals surface area contributed by atoms with Crippen LogP contribution in [0.15, 0.2) is 0 Å². The lowest BCUT2D eigenvalue weighted by Crippen LogP contribution is -2.55. The van der Waals surface area contributed by atoms with Crippen LogP contribution in [0.2, 0.25) is 0 Å². The maximum absolute atomic E-state index is 12.0. The van der Waals surface area contributed by atoms with Gasteiger partial charge < -0.3 is 5.11 Å². The van der Waals surface area contributed by atoms with Gasteiger partial charge in [0.25, 0.3) is 0 Å². The predicted molar refractivity (Wildman–Crippen MR) is 73.2 cm³/mol. The molecular weight excluding hydrogens is 262 g/mol. The Morgan fingerprint density at radius 3 is 2.16 bits per heavy atom. The third kappa shape index (κ3) is 2.41. The highest BCUT2D eigenvalue weighted by molar-refractivity contribution is 7.91. The number of hydrogen-bond acceptors (Lipinski definition) is 4. The van der Waals surface area contributed by atoms with E-state index in [1.807, 2.05) is 0 Å². The van der Waals surface area contributed by atoms with E-state index in [0.29, 0.717) is 32.1 Å². The molecule has 0 bridgehead atoms. The van der Waals surface area contributed by atoms with E-state index in [1.54, 1.807) is 0 Å². The van der Waals surface area contributed by atoms with Gasteiger partial charge in [-0.3, -0.25) is 0 Å². The zero-order chi connectivity index (χ0) is 14.1. The Kier molecular flexibility index (Phi) is 3.95. The maximum Gasteiger partial charge on any atom is 0.153 e. The molecule has 2 saturated carbocycles. The van der Waals surface area contributed by atoms with Gasteiger partial charge in [0.1, 0.15) is 0 Å². The number of rotatable bonds is 2. The van der Waals surface area contributed by atoms with E-state index in [0.717, 1.165) is 25.7 Å². The lowest BCUT2D eigenvalue weighted by molar-refractivity contribution is -0.0543. The van der Waals surface area contributed by atoms with Crippen LogP contribution in [0.4, 0.5) is 0 Å². The minimum Gasteiger partial charge on any atom is -0.387 e. The molecule has 4 nitrogen and oxygen atoms in total. The van der Waals surface area contributed by atoms with E-state index in [1.165, 1.54) is 6.26 Å². The second-order valence-electron chi connectivity index (χ2n) is 6.24. The van der Waals surface area contributed by atoms with Crippen molar-refractivity contribution in [2.45, 2.75) is 68.6 Å². The van der Waals surface area contributed by atoms with Crippen LogP contribution in [-0.4, -0.2) is 30.6 Å². The van der Waals surface area contributed by atoms with Gasteiger partial charge in [0, 0.05) is 6.26 Å². The topological polar surface area (TPSA) is 78.2 Å². The van der Waals surface area contributed by atoms with Gasteiger partial charge in [0.05, 0.1) is 22.3 Å². The third-order valence-corrected chi connectivity index (χ3v) is 6.73. The summed E-state index contributed by atoms with van der Waals surface area (Å²) in [4.78, 5) is 0. The van der Waals surface area contributed by atoms with Crippen molar-refractivity contribution in [2.75, 3.05) is 6.26 Å². The molecule has 5 heteroatoms. The summed E-state index contributed by atoms with van der Waals surface area (Å²) < 4.78 is 23.9. The Morgan fingerprint density at radius 2 is 1.68 bits per heavy atom. The van der Waals surface area contributed by atoms with E-state index in [-0.39, 0.29) is 0 Å². The normalized spacial score (nSPS) is 35.5. The molecule has 0 aromatic carbocycles. The molecule has 0 radical (unpaired) electrons. The smallest absolute Gasteiger partial charge is 0.153 e. The number of hydrogen-bond donors (Lipinski definition) is 1. The van der Waals surface area contributed by atoms with Gasteiger partial charge in [-0.05, 0) is 32.1 Å². The highest BCUT2D eigenvalue weighted by Gasteiger charge is 2.59. The maximum atomic E-state index is 12.0. The summed E-state index contributed by atoms with van der Waals surface area (Å²) in [6, 6.07) is 2.33. The number of nitriles is 1. The van der Waals surface area contributed by atoms with Crippen LogP contribution in [-0.2, 0) is 9.84 Å². The Bertz CT molecular complexity index is 471. The first kappa shape index (κ1) is 14.8. The van der Waals surface area contributed by atoms with Gasteiger partial charge in [-0.15, -0.1) is 0 Å². The van der Waals surface area contributed by atoms with Crippen LogP contribution in [0.3, 0.4) is 0 Å². The van der Waals surface area contributed by atoms with E-state index in [9.17, 15) is 18.8 Å². The molecular formula is C14H23NO3S. The van der Waals surface area contributed by atoms with Crippen LogP contribution >= 0.6 is 0 Å². The molecule has 0 spiro atoms. The van der Waals surface area contributed by atoms with Crippen LogP contribution in [0.1, 0.15) is 57.8 Å². The molecule has 19 heavy (non-hydrogen) atoms. The van der Waals surface area contributed by atoms with Crippen molar-refractivity contribution in [3.63, 3.8) is 0 Å². The quantitative estimate of drug-likeness (QED) is 0.789. The van der Waals surface area contributed by atoms with Crippen LogP contribution < -0.4 is 0 Å². The van der Waals surface area contributed by atoms with Crippen molar-refractivity contribution in [1.82, 2.24) is 0 Å². The number of sulfone groups is 1. The van der Waals surface area contributed by atoms with Crippen LogP contribution in [0, 0.1) is 16.7 Å².